The van der Waals surface area contributed by atoms with Gasteiger partial charge in [-0.15, -0.1) is 0 Å². The molecule has 0 atom stereocenters. The van der Waals surface area contributed by atoms with Crippen LogP contribution in [0, 0.1) is 5.92 Å². The smallest absolute Gasteiger partial charge is 0.762 e. The largest absolute Gasteiger partial charge is 1.00 e. The van der Waals surface area contributed by atoms with Crippen LogP contribution in [0.5, 0.6) is 0 Å². The fourth-order valence-corrected chi connectivity index (χ4v) is 4.89. The van der Waals surface area contributed by atoms with E-state index in [0.717, 1.165) is 12.5 Å². The van der Waals surface area contributed by atoms with Gasteiger partial charge in [-0.05, 0) is 35.6 Å². The van der Waals surface area contributed by atoms with E-state index in [1.165, 1.54) is 88.2 Å². The minimum absolute atomic E-state index is 0. The molecule has 0 N–H and O–H groups in total. The van der Waals surface area contributed by atoms with Crippen LogP contribution in [0.2, 0.25) is 0 Å². The molecule has 240 valence electrons. The Balaban J connectivity index is 0. The van der Waals surface area contributed by atoms with Gasteiger partial charge in [0.1, 0.15) is 18.9 Å². The molecular weight excluding hydrogens is 622 g/mol. The number of pyridine rings is 2. The molecule has 2 saturated carbocycles. The van der Waals surface area contributed by atoms with E-state index in [1.807, 2.05) is 23.0 Å². The van der Waals surface area contributed by atoms with E-state index in [2.05, 4.69) is 51.2 Å². The van der Waals surface area contributed by atoms with E-state index in [-0.39, 0.29) is 26.5 Å². The predicted octanol–water partition coefficient (Wildman–Crippen LogP) is 1.78. The first kappa shape index (κ1) is 42.6. The number of rotatable bonds is 7. The molecule has 0 radical (unpaired) electrons. The summed E-state index contributed by atoms with van der Waals surface area (Å²) >= 11 is 0. The van der Waals surface area contributed by atoms with Gasteiger partial charge >= 0.3 is 21.0 Å². The standard InChI is InChI=1S/C23H28N4.C5H10.2BF3.2FH.Fe/c1-2-7-20(6-1)8-3-4-15-26-16-9-21(10-17-26)22-11-18-27(19-12-22)23-24-13-5-14-25-23;1-2-4-5-3-1;2*2-1(3)4;;;/h5,9-14,16-20H,1-4,6-8,15H2;1-5H2;;;2*1H;/q+2;;;;;;/p-2. The first-order chi connectivity index (χ1) is 19.3. The summed E-state index contributed by atoms with van der Waals surface area (Å²) in [6, 6.07) is 10.5. The fraction of sp³-hybridized carbons (Fsp3) is 0.500. The maximum atomic E-state index is 9.67. The van der Waals surface area contributed by atoms with Gasteiger partial charge in [-0.3, -0.25) is 25.9 Å². The third kappa shape index (κ3) is 20.1. The second kappa shape index (κ2) is 25.9. The summed E-state index contributed by atoms with van der Waals surface area (Å²) in [6.07, 6.45) is 29.3. The summed E-state index contributed by atoms with van der Waals surface area (Å²) in [4.78, 5) is 8.54. The Kier molecular flexibility index (Phi) is 25.7. The van der Waals surface area contributed by atoms with Crippen LogP contribution in [-0.2, 0) is 23.6 Å². The predicted molar refractivity (Wildman–Crippen MR) is 146 cm³/mol. The van der Waals surface area contributed by atoms with E-state index in [9.17, 15) is 25.9 Å². The van der Waals surface area contributed by atoms with E-state index >= 15 is 0 Å². The van der Waals surface area contributed by atoms with Gasteiger partial charge < -0.3 is 9.41 Å². The van der Waals surface area contributed by atoms with E-state index in [4.69, 9.17) is 0 Å². The quantitative estimate of drug-likeness (QED) is 0.168. The molecule has 0 amide bonds. The number of halogens is 8. The van der Waals surface area contributed by atoms with Crippen molar-refractivity contribution in [2.45, 2.75) is 83.6 Å². The summed E-state index contributed by atoms with van der Waals surface area (Å²) in [7, 11) is -7.33. The molecule has 0 aliphatic heterocycles. The SMILES string of the molecule is C1CCCC1.FB(F)F.FB(F)F.[F-].[F-].[Fe].c1cnc(-[n+]2ccc(-c3cc[n+](CCCCC4CCCC4)cc3)cc2)nc1. The summed E-state index contributed by atoms with van der Waals surface area (Å²) < 4.78 is 62.2. The van der Waals surface area contributed by atoms with Gasteiger partial charge in [0.05, 0.1) is 12.4 Å². The average Bonchev–Trinajstić information content (AvgIpc) is 3.69. The normalized spacial score (nSPS) is 13.2. The van der Waals surface area contributed by atoms with Crippen molar-refractivity contribution in [3.63, 3.8) is 0 Å². The molecular formula is C28H38B2F8FeN4. The fourth-order valence-electron chi connectivity index (χ4n) is 4.89. The van der Waals surface area contributed by atoms with E-state index in [1.54, 1.807) is 12.4 Å². The average molecular weight is 660 g/mol. The molecule has 3 aromatic heterocycles. The van der Waals surface area contributed by atoms with Gasteiger partial charge in [-0.25, -0.2) is 9.13 Å². The minimum Gasteiger partial charge on any atom is -1.00 e. The van der Waals surface area contributed by atoms with Crippen LogP contribution in [0.3, 0.4) is 0 Å². The van der Waals surface area contributed by atoms with Crippen molar-refractivity contribution in [1.82, 2.24) is 9.97 Å². The zero-order valence-electron chi connectivity index (χ0n) is 23.9. The molecule has 15 heteroatoms. The Morgan fingerprint density at radius 1 is 0.651 bits per heavy atom. The van der Waals surface area contributed by atoms with Gasteiger partial charge in [0, 0.05) is 41.7 Å². The van der Waals surface area contributed by atoms with Crippen LogP contribution in [0.1, 0.15) is 77.0 Å². The third-order valence-electron chi connectivity index (χ3n) is 6.84. The van der Waals surface area contributed by atoms with Gasteiger partial charge in [0.2, 0.25) is 0 Å². The Hall–Kier alpha value is -2.53. The van der Waals surface area contributed by atoms with Gasteiger partial charge in [0.25, 0.3) is 0 Å². The Labute approximate surface area is 260 Å². The maximum Gasteiger partial charge on any atom is 0.762 e. The Morgan fingerprint density at radius 3 is 1.51 bits per heavy atom. The zero-order valence-corrected chi connectivity index (χ0v) is 25.0. The topological polar surface area (TPSA) is 33.5 Å². The van der Waals surface area contributed by atoms with Crippen molar-refractivity contribution in [3.05, 3.63) is 67.5 Å². The van der Waals surface area contributed by atoms with Crippen molar-refractivity contribution < 1.29 is 61.5 Å². The van der Waals surface area contributed by atoms with Crippen molar-refractivity contribution in [2.75, 3.05) is 0 Å². The van der Waals surface area contributed by atoms with Crippen LogP contribution in [0.4, 0.5) is 25.9 Å². The van der Waals surface area contributed by atoms with Crippen LogP contribution in [-0.4, -0.2) is 25.1 Å². The number of hydrogen-bond acceptors (Lipinski definition) is 2. The van der Waals surface area contributed by atoms with Crippen molar-refractivity contribution in [3.8, 4) is 17.1 Å². The second-order valence-corrected chi connectivity index (χ2v) is 9.78. The maximum absolute atomic E-state index is 9.67. The third-order valence-corrected chi connectivity index (χ3v) is 6.84. The van der Waals surface area contributed by atoms with Gasteiger partial charge in [0.15, 0.2) is 12.4 Å². The molecule has 3 heterocycles. The summed E-state index contributed by atoms with van der Waals surface area (Å²) in [6.45, 7) is 1.12. The molecule has 3 aromatic rings. The number of hydrogen-bond donors (Lipinski definition) is 0. The van der Waals surface area contributed by atoms with Gasteiger partial charge in [-0.2, -0.15) is 0 Å². The molecule has 5 rings (SSSR count). The summed E-state index contributed by atoms with van der Waals surface area (Å²) in [5, 5.41) is 0. The van der Waals surface area contributed by atoms with Crippen LogP contribution in [0.25, 0.3) is 17.1 Å². The molecule has 2 aliphatic carbocycles. The molecule has 2 aliphatic rings. The number of aromatic nitrogens is 4. The number of unbranched alkanes of at least 4 members (excludes halogenated alkanes) is 1. The first-order valence-electron chi connectivity index (χ1n) is 14.0. The molecule has 0 saturated heterocycles. The molecule has 4 nitrogen and oxygen atoms in total. The van der Waals surface area contributed by atoms with Crippen LogP contribution in [0.15, 0.2) is 67.5 Å². The second-order valence-electron chi connectivity index (χ2n) is 9.78. The monoisotopic (exact) mass is 660 g/mol. The molecule has 0 aromatic carbocycles. The van der Waals surface area contributed by atoms with Crippen LogP contribution < -0.4 is 18.5 Å². The first-order valence-corrected chi connectivity index (χ1v) is 14.0. The summed E-state index contributed by atoms with van der Waals surface area (Å²) in [5.41, 5.74) is 2.44. The van der Waals surface area contributed by atoms with Crippen molar-refractivity contribution in [2.24, 2.45) is 5.92 Å². The molecule has 0 bridgehead atoms. The molecule has 0 unspecified atom stereocenters. The van der Waals surface area contributed by atoms with E-state index in [0.29, 0.717) is 5.95 Å². The molecule has 0 spiro atoms. The molecule has 43 heavy (non-hydrogen) atoms. The van der Waals surface area contributed by atoms with E-state index < -0.39 is 15.1 Å². The Bertz CT molecular complexity index is 1010. The molecule has 2 fully saturated rings. The van der Waals surface area contributed by atoms with Crippen molar-refractivity contribution >= 4 is 15.1 Å². The van der Waals surface area contributed by atoms with Crippen molar-refractivity contribution in [1.29, 1.82) is 0 Å². The van der Waals surface area contributed by atoms with Gasteiger partial charge in [-0.1, -0.05) is 74.2 Å². The zero-order chi connectivity index (χ0) is 29.0. The number of nitrogens with zero attached hydrogens (tertiary/aromatic N) is 4. The summed E-state index contributed by atoms with van der Waals surface area (Å²) in [5.74, 6) is 1.70. The number of aryl methyl sites for hydroxylation is 1. The minimum atomic E-state index is -3.67. The Morgan fingerprint density at radius 2 is 1.07 bits per heavy atom. The van der Waals surface area contributed by atoms with Crippen LogP contribution >= 0.6 is 0 Å².